The number of ether oxygens (including phenoxy) is 1. The van der Waals surface area contributed by atoms with Crippen molar-refractivity contribution in [3.8, 4) is 0 Å². The number of rotatable bonds is 4. The Kier molecular flexibility index (Phi) is 4.93. The lowest BCUT2D eigenvalue weighted by molar-refractivity contribution is -0.141. The average molecular weight is 285 g/mol. The summed E-state index contributed by atoms with van der Waals surface area (Å²) in [6, 6.07) is 3.62. The van der Waals surface area contributed by atoms with Gasteiger partial charge >= 0.3 is 5.97 Å². The second kappa shape index (κ2) is 6.68. The molecule has 0 atom stereocenters. The van der Waals surface area contributed by atoms with Gasteiger partial charge < -0.3 is 9.64 Å². The number of methoxy groups -OCH3 is 1. The van der Waals surface area contributed by atoms with Crippen LogP contribution >= 0.6 is 11.6 Å². The Morgan fingerprint density at radius 2 is 2.05 bits per heavy atom. The van der Waals surface area contributed by atoms with Crippen molar-refractivity contribution in [3.63, 3.8) is 0 Å². The summed E-state index contributed by atoms with van der Waals surface area (Å²) in [6.45, 7) is 4.30. The van der Waals surface area contributed by atoms with Crippen LogP contribution in [0.5, 0.6) is 0 Å². The summed E-state index contributed by atoms with van der Waals surface area (Å²) < 4.78 is 4.64. The van der Waals surface area contributed by atoms with Crippen LogP contribution in [0.25, 0.3) is 0 Å². The molecule has 0 aromatic carbocycles. The van der Waals surface area contributed by atoms with Crippen LogP contribution in [0.1, 0.15) is 6.42 Å². The molecule has 0 bridgehead atoms. The molecular formula is C12H17ClN4O2. The van der Waals surface area contributed by atoms with Gasteiger partial charge in [0.1, 0.15) is 0 Å². The number of carbonyl (C=O) groups excluding carboxylic acids is 1. The van der Waals surface area contributed by atoms with Crippen molar-refractivity contribution < 1.29 is 9.53 Å². The first-order chi connectivity index (χ1) is 9.19. The maximum absolute atomic E-state index is 11.1. The number of esters is 1. The number of carbonyl (C=O) groups is 1. The van der Waals surface area contributed by atoms with Gasteiger partial charge in [-0.05, 0) is 12.1 Å². The molecule has 0 N–H and O–H groups in total. The van der Waals surface area contributed by atoms with E-state index in [0.717, 1.165) is 38.5 Å². The molecule has 7 heteroatoms. The third-order valence-electron chi connectivity index (χ3n) is 3.17. The molecule has 19 heavy (non-hydrogen) atoms. The molecule has 1 saturated heterocycles. The van der Waals surface area contributed by atoms with Crippen molar-refractivity contribution in [3.05, 3.63) is 17.3 Å². The minimum atomic E-state index is -0.161. The Labute approximate surface area is 117 Å². The molecule has 1 aromatic rings. The third-order valence-corrected chi connectivity index (χ3v) is 3.38. The highest BCUT2D eigenvalue weighted by atomic mass is 35.5. The first kappa shape index (κ1) is 14.0. The van der Waals surface area contributed by atoms with Gasteiger partial charge in [0, 0.05) is 32.7 Å². The zero-order valence-electron chi connectivity index (χ0n) is 10.9. The van der Waals surface area contributed by atoms with E-state index < -0.39 is 0 Å². The lowest BCUT2D eigenvalue weighted by atomic mass is 10.3. The number of halogens is 1. The zero-order valence-corrected chi connectivity index (χ0v) is 11.6. The lowest BCUT2D eigenvalue weighted by Crippen LogP contribution is -2.47. The first-order valence-electron chi connectivity index (χ1n) is 6.22. The number of nitrogens with zero attached hydrogens (tertiary/aromatic N) is 4. The van der Waals surface area contributed by atoms with Crippen molar-refractivity contribution in [1.82, 2.24) is 15.1 Å². The summed E-state index contributed by atoms with van der Waals surface area (Å²) >= 11 is 5.71. The molecule has 0 saturated carbocycles. The van der Waals surface area contributed by atoms with E-state index in [2.05, 4.69) is 24.7 Å². The topological polar surface area (TPSA) is 58.6 Å². The number of hydrogen-bond acceptors (Lipinski definition) is 6. The Morgan fingerprint density at radius 3 is 2.63 bits per heavy atom. The van der Waals surface area contributed by atoms with Gasteiger partial charge in [0.25, 0.3) is 0 Å². The number of aromatic nitrogens is 2. The summed E-state index contributed by atoms with van der Waals surface area (Å²) in [7, 11) is 1.42. The molecule has 0 spiro atoms. The van der Waals surface area contributed by atoms with E-state index in [1.807, 2.05) is 6.07 Å². The Morgan fingerprint density at radius 1 is 1.32 bits per heavy atom. The zero-order chi connectivity index (χ0) is 13.7. The molecule has 0 radical (unpaired) electrons. The summed E-state index contributed by atoms with van der Waals surface area (Å²) in [6.07, 6.45) is 0.442. The maximum atomic E-state index is 11.1. The Hall–Kier alpha value is -1.40. The largest absolute Gasteiger partial charge is 0.469 e. The average Bonchev–Trinajstić information content (AvgIpc) is 2.46. The Bertz CT molecular complexity index is 418. The van der Waals surface area contributed by atoms with E-state index in [-0.39, 0.29) is 5.97 Å². The van der Waals surface area contributed by atoms with E-state index >= 15 is 0 Å². The standard InChI is InChI=1S/C12H17ClN4O2/c1-19-12(18)4-5-16-6-8-17(9-7-16)11-3-2-10(13)14-15-11/h2-3H,4-9H2,1H3. The fourth-order valence-electron chi connectivity index (χ4n) is 2.03. The van der Waals surface area contributed by atoms with Gasteiger partial charge in [-0.2, -0.15) is 0 Å². The van der Waals surface area contributed by atoms with Gasteiger partial charge in [-0.1, -0.05) is 11.6 Å². The van der Waals surface area contributed by atoms with Gasteiger partial charge in [0.2, 0.25) is 0 Å². The second-order valence-electron chi connectivity index (χ2n) is 4.37. The number of hydrogen-bond donors (Lipinski definition) is 0. The Balaban J connectivity index is 1.79. The fraction of sp³-hybridized carbons (Fsp3) is 0.583. The van der Waals surface area contributed by atoms with Crippen molar-refractivity contribution in [2.24, 2.45) is 0 Å². The normalized spacial score (nSPS) is 16.4. The molecule has 1 aliphatic heterocycles. The van der Waals surface area contributed by atoms with Gasteiger partial charge in [-0.3, -0.25) is 9.69 Å². The summed E-state index contributed by atoms with van der Waals surface area (Å²) in [5.41, 5.74) is 0. The smallest absolute Gasteiger partial charge is 0.306 e. The van der Waals surface area contributed by atoms with Crippen LogP contribution < -0.4 is 4.90 Å². The third kappa shape index (κ3) is 4.04. The minimum Gasteiger partial charge on any atom is -0.469 e. The number of piperazine rings is 1. The molecule has 0 amide bonds. The first-order valence-corrected chi connectivity index (χ1v) is 6.60. The van der Waals surface area contributed by atoms with Crippen LogP contribution in [0.2, 0.25) is 5.15 Å². The highest BCUT2D eigenvalue weighted by Crippen LogP contribution is 2.14. The monoisotopic (exact) mass is 284 g/mol. The summed E-state index contributed by atoms with van der Waals surface area (Å²) in [5, 5.41) is 8.31. The molecule has 1 fully saturated rings. The summed E-state index contributed by atoms with van der Waals surface area (Å²) in [4.78, 5) is 15.5. The molecule has 6 nitrogen and oxygen atoms in total. The molecule has 0 aliphatic carbocycles. The molecular weight excluding hydrogens is 268 g/mol. The van der Waals surface area contributed by atoms with Gasteiger partial charge in [0.15, 0.2) is 11.0 Å². The van der Waals surface area contributed by atoms with Crippen LogP contribution in [0, 0.1) is 0 Å². The SMILES string of the molecule is COC(=O)CCN1CCN(c2ccc(Cl)nn2)CC1. The minimum absolute atomic E-state index is 0.161. The quantitative estimate of drug-likeness (QED) is 0.763. The van der Waals surface area contributed by atoms with Gasteiger partial charge in [-0.25, -0.2) is 0 Å². The van der Waals surface area contributed by atoms with Crippen molar-refractivity contribution in [2.45, 2.75) is 6.42 Å². The molecule has 1 aromatic heterocycles. The lowest BCUT2D eigenvalue weighted by Gasteiger charge is -2.34. The van der Waals surface area contributed by atoms with Crippen molar-refractivity contribution in [2.75, 3.05) is 44.7 Å². The fourth-order valence-corrected chi connectivity index (χ4v) is 2.13. The molecule has 104 valence electrons. The van der Waals surface area contributed by atoms with Crippen molar-refractivity contribution >= 4 is 23.4 Å². The van der Waals surface area contributed by atoms with Crippen LogP contribution in [0.4, 0.5) is 5.82 Å². The van der Waals surface area contributed by atoms with Crippen molar-refractivity contribution in [1.29, 1.82) is 0 Å². The van der Waals surface area contributed by atoms with E-state index in [9.17, 15) is 4.79 Å². The molecule has 2 rings (SSSR count). The van der Waals surface area contributed by atoms with Crippen LogP contribution in [0.15, 0.2) is 12.1 Å². The van der Waals surface area contributed by atoms with E-state index in [0.29, 0.717) is 11.6 Å². The van der Waals surface area contributed by atoms with Crippen LogP contribution in [-0.2, 0) is 9.53 Å². The molecule has 2 heterocycles. The van der Waals surface area contributed by atoms with Crippen LogP contribution in [0.3, 0.4) is 0 Å². The van der Waals surface area contributed by atoms with Gasteiger partial charge in [0.05, 0.1) is 13.5 Å². The molecule has 0 unspecified atom stereocenters. The van der Waals surface area contributed by atoms with Crippen LogP contribution in [-0.4, -0.2) is 60.9 Å². The summed E-state index contributed by atoms with van der Waals surface area (Å²) in [5.74, 6) is 0.683. The highest BCUT2D eigenvalue weighted by Gasteiger charge is 2.18. The van der Waals surface area contributed by atoms with E-state index in [1.165, 1.54) is 7.11 Å². The second-order valence-corrected chi connectivity index (χ2v) is 4.76. The predicted molar refractivity (Wildman–Crippen MR) is 72.3 cm³/mol. The molecule has 1 aliphatic rings. The van der Waals surface area contributed by atoms with E-state index in [4.69, 9.17) is 11.6 Å². The number of anilines is 1. The van der Waals surface area contributed by atoms with E-state index in [1.54, 1.807) is 6.07 Å². The predicted octanol–water partition coefficient (Wildman–Crippen LogP) is 0.815. The highest BCUT2D eigenvalue weighted by molar-refractivity contribution is 6.29. The maximum Gasteiger partial charge on any atom is 0.306 e. The van der Waals surface area contributed by atoms with Gasteiger partial charge in [-0.15, -0.1) is 10.2 Å².